The second-order valence-corrected chi connectivity index (χ2v) is 12.2. The fourth-order valence-electron chi connectivity index (χ4n) is 4.45. The van der Waals surface area contributed by atoms with Gasteiger partial charge in [0.05, 0.1) is 11.3 Å². The van der Waals surface area contributed by atoms with E-state index in [0.29, 0.717) is 11.1 Å². The standard InChI is InChI=1S/C28H29NO7S/c1-18(30)35-16-21-17-37(33,34)26-22(15-28(2,3)4)25(31)29(26)23(21)27(32)36-24(19-11-7-5-8-12-19)20-13-9-6-10-14-20/h5-15,24,26H,16-17H2,1-4H3/b22-15-/t26-/m1/s1. The fourth-order valence-corrected chi connectivity index (χ4v) is 6.39. The van der Waals surface area contributed by atoms with Crippen LogP contribution in [-0.2, 0) is 33.7 Å². The molecular formula is C28H29NO7S. The molecule has 1 saturated heterocycles. The molecule has 8 nitrogen and oxygen atoms in total. The Kier molecular flexibility index (Phi) is 7.10. The summed E-state index contributed by atoms with van der Waals surface area (Å²) in [6.45, 7) is 6.29. The first-order valence-electron chi connectivity index (χ1n) is 11.8. The summed E-state index contributed by atoms with van der Waals surface area (Å²) in [5, 5.41) is -1.30. The minimum atomic E-state index is -3.89. The Hall–Kier alpha value is -3.72. The normalized spacial score (nSPS) is 19.9. The molecule has 1 atom stereocenters. The van der Waals surface area contributed by atoms with Crippen LogP contribution in [0.1, 0.15) is 44.9 Å². The second kappa shape index (κ2) is 9.97. The number of ether oxygens (including phenoxy) is 2. The van der Waals surface area contributed by atoms with E-state index in [4.69, 9.17) is 9.47 Å². The smallest absolute Gasteiger partial charge is 0.356 e. The zero-order chi connectivity index (χ0) is 27.0. The molecule has 0 spiro atoms. The van der Waals surface area contributed by atoms with Gasteiger partial charge in [0.2, 0.25) is 0 Å². The van der Waals surface area contributed by atoms with E-state index in [-0.39, 0.29) is 16.8 Å². The van der Waals surface area contributed by atoms with E-state index in [9.17, 15) is 22.8 Å². The first-order chi connectivity index (χ1) is 17.4. The molecule has 2 aliphatic heterocycles. The largest absolute Gasteiger partial charge is 0.461 e. The highest BCUT2D eigenvalue weighted by Crippen LogP contribution is 2.42. The number of β-lactam (4-membered cyclic amide) rings is 1. The number of rotatable bonds is 6. The molecule has 0 radical (unpaired) electrons. The summed E-state index contributed by atoms with van der Waals surface area (Å²) < 4.78 is 37.4. The summed E-state index contributed by atoms with van der Waals surface area (Å²) >= 11 is 0. The lowest BCUT2D eigenvalue weighted by molar-refractivity contribution is -0.149. The lowest BCUT2D eigenvalue weighted by Gasteiger charge is -2.46. The average molecular weight is 524 g/mol. The van der Waals surface area contributed by atoms with Gasteiger partial charge in [-0.15, -0.1) is 0 Å². The van der Waals surface area contributed by atoms with Crippen LogP contribution in [0.4, 0.5) is 0 Å². The number of nitrogens with zero attached hydrogens (tertiary/aromatic N) is 1. The predicted molar refractivity (Wildman–Crippen MR) is 136 cm³/mol. The summed E-state index contributed by atoms with van der Waals surface area (Å²) in [5.41, 5.74) is 0.862. The molecule has 0 unspecified atom stereocenters. The lowest BCUT2D eigenvalue weighted by atomic mass is 9.89. The van der Waals surface area contributed by atoms with Gasteiger partial charge < -0.3 is 9.47 Å². The van der Waals surface area contributed by atoms with E-state index in [1.165, 1.54) is 6.92 Å². The highest BCUT2D eigenvalue weighted by atomic mass is 32.2. The predicted octanol–water partition coefficient (Wildman–Crippen LogP) is 3.71. The van der Waals surface area contributed by atoms with Crippen molar-refractivity contribution < 1.29 is 32.3 Å². The third-order valence-corrected chi connectivity index (χ3v) is 7.81. The highest BCUT2D eigenvalue weighted by Gasteiger charge is 2.57. The number of carbonyl (C=O) groups is 3. The van der Waals surface area contributed by atoms with Gasteiger partial charge in [-0.3, -0.25) is 14.5 Å². The molecule has 0 saturated carbocycles. The summed E-state index contributed by atoms with van der Waals surface area (Å²) in [5.74, 6) is -2.65. The molecule has 0 aromatic heterocycles. The SMILES string of the molecule is CC(=O)OCC1=C(C(=O)OC(c2ccccc2)c2ccccc2)N2C(=O)/C(=C/C(C)(C)C)[C@H]2S(=O)(=O)C1. The molecule has 1 amide bonds. The molecule has 4 rings (SSSR count). The maximum atomic E-state index is 13.7. The molecule has 37 heavy (non-hydrogen) atoms. The van der Waals surface area contributed by atoms with Crippen molar-refractivity contribution >= 4 is 27.7 Å². The van der Waals surface area contributed by atoms with Crippen molar-refractivity contribution in [1.82, 2.24) is 4.90 Å². The van der Waals surface area contributed by atoms with Crippen LogP contribution in [0.5, 0.6) is 0 Å². The molecule has 194 valence electrons. The Morgan fingerprint density at radius 2 is 1.57 bits per heavy atom. The lowest BCUT2D eigenvalue weighted by Crippen LogP contribution is -2.62. The van der Waals surface area contributed by atoms with Gasteiger partial charge in [-0.1, -0.05) is 87.5 Å². The van der Waals surface area contributed by atoms with Crippen molar-refractivity contribution in [1.29, 1.82) is 0 Å². The van der Waals surface area contributed by atoms with Crippen LogP contribution in [0.15, 0.2) is 83.6 Å². The third kappa shape index (κ3) is 5.51. The van der Waals surface area contributed by atoms with Crippen molar-refractivity contribution in [3.05, 3.63) is 94.7 Å². The van der Waals surface area contributed by atoms with Gasteiger partial charge in [-0.05, 0) is 16.5 Å². The van der Waals surface area contributed by atoms with Crippen LogP contribution in [0.3, 0.4) is 0 Å². The van der Waals surface area contributed by atoms with Crippen molar-refractivity contribution in [2.75, 3.05) is 12.4 Å². The maximum absolute atomic E-state index is 13.7. The fraction of sp³-hybridized carbons (Fsp3) is 0.321. The molecule has 2 aromatic carbocycles. The van der Waals surface area contributed by atoms with Crippen LogP contribution < -0.4 is 0 Å². The van der Waals surface area contributed by atoms with Crippen LogP contribution in [0.25, 0.3) is 0 Å². The number of allylic oxidation sites excluding steroid dienone is 1. The Labute approximate surface area is 216 Å². The molecule has 2 aliphatic rings. The summed E-state index contributed by atoms with van der Waals surface area (Å²) in [6.07, 6.45) is 0.806. The number of hydrogen-bond acceptors (Lipinski definition) is 7. The Balaban J connectivity index is 1.78. The van der Waals surface area contributed by atoms with Crippen molar-refractivity contribution in [2.45, 2.75) is 39.2 Å². The van der Waals surface area contributed by atoms with Gasteiger partial charge in [0.1, 0.15) is 12.3 Å². The van der Waals surface area contributed by atoms with Gasteiger partial charge in [0.25, 0.3) is 5.91 Å². The van der Waals surface area contributed by atoms with Crippen LogP contribution in [-0.4, -0.2) is 48.9 Å². The van der Waals surface area contributed by atoms with Crippen molar-refractivity contribution in [3.8, 4) is 0 Å². The molecule has 2 heterocycles. The van der Waals surface area contributed by atoms with Crippen molar-refractivity contribution in [2.24, 2.45) is 5.41 Å². The summed E-state index contributed by atoms with van der Waals surface area (Å²) in [4.78, 5) is 39.4. The molecule has 0 bridgehead atoms. The van der Waals surface area contributed by atoms with Crippen LogP contribution in [0, 0.1) is 5.41 Å². The van der Waals surface area contributed by atoms with E-state index in [1.54, 1.807) is 6.08 Å². The van der Waals surface area contributed by atoms with Crippen molar-refractivity contribution in [3.63, 3.8) is 0 Å². The topological polar surface area (TPSA) is 107 Å². The number of hydrogen-bond donors (Lipinski definition) is 0. The van der Waals surface area contributed by atoms with E-state index in [0.717, 1.165) is 4.90 Å². The van der Waals surface area contributed by atoms with E-state index < -0.39 is 56.9 Å². The summed E-state index contributed by atoms with van der Waals surface area (Å²) in [6, 6.07) is 18.2. The third-order valence-electron chi connectivity index (χ3n) is 5.92. The number of benzene rings is 2. The zero-order valence-corrected chi connectivity index (χ0v) is 21.9. The molecule has 9 heteroatoms. The maximum Gasteiger partial charge on any atom is 0.356 e. The van der Waals surface area contributed by atoms with Gasteiger partial charge in [-0.2, -0.15) is 0 Å². The minimum absolute atomic E-state index is 0.000480. The van der Waals surface area contributed by atoms with E-state index >= 15 is 0 Å². The molecule has 0 N–H and O–H groups in total. The first-order valence-corrected chi connectivity index (χ1v) is 13.5. The Morgan fingerprint density at radius 1 is 1.03 bits per heavy atom. The molecule has 2 aromatic rings. The number of carbonyl (C=O) groups excluding carboxylic acids is 3. The van der Waals surface area contributed by atoms with Crippen LogP contribution >= 0.6 is 0 Å². The molecule has 1 fully saturated rings. The van der Waals surface area contributed by atoms with E-state index in [2.05, 4.69) is 0 Å². The monoisotopic (exact) mass is 523 g/mol. The summed E-state index contributed by atoms with van der Waals surface area (Å²) in [7, 11) is -3.89. The Morgan fingerprint density at radius 3 is 2.05 bits per heavy atom. The minimum Gasteiger partial charge on any atom is -0.461 e. The number of esters is 2. The van der Waals surface area contributed by atoms with Crippen LogP contribution in [0.2, 0.25) is 0 Å². The number of fused-ring (bicyclic) bond motifs is 1. The van der Waals surface area contributed by atoms with Gasteiger partial charge in [-0.25, -0.2) is 13.2 Å². The first kappa shape index (κ1) is 26.3. The molecule has 0 aliphatic carbocycles. The zero-order valence-electron chi connectivity index (χ0n) is 21.1. The number of sulfone groups is 1. The molecular weight excluding hydrogens is 494 g/mol. The Bertz CT molecular complexity index is 1350. The highest BCUT2D eigenvalue weighted by molar-refractivity contribution is 7.92. The van der Waals surface area contributed by atoms with Gasteiger partial charge in [0, 0.05) is 12.5 Å². The van der Waals surface area contributed by atoms with E-state index in [1.807, 2.05) is 81.4 Å². The second-order valence-electron chi connectivity index (χ2n) is 10.1. The quantitative estimate of drug-likeness (QED) is 0.323. The average Bonchev–Trinajstić information content (AvgIpc) is 2.84. The van der Waals surface area contributed by atoms with Gasteiger partial charge >= 0.3 is 11.9 Å². The van der Waals surface area contributed by atoms with Gasteiger partial charge in [0.15, 0.2) is 21.3 Å². The number of amides is 1.